The average Bonchev–Trinajstić information content (AvgIpc) is 2.93. The maximum Gasteiger partial charge on any atom is 0.354 e. The van der Waals surface area contributed by atoms with Gasteiger partial charge in [-0.3, -0.25) is 0 Å². The Bertz CT molecular complexity index is 859. The third-order valence-electron chi connectivity index (χ3n) is 2.48. The highest BCUT2D eigenvalue weighted by Crippen LogP contribution is 2.34. The zero-order valence-corrected chi connectivity index (χ0v) is 15.5. The Morgan fingerprint density at radius 3 is 2.96 bits per heavy atom. The van der Waals surface area contributed by atoms with Gasteiger partial charge in [0.2, 0.25) is 0 Å². The van der Waals surface area contributed by atoms with E-state index in [-0.39, 0.29) is 5.69 Å². The van der Waals surface area contributed by atoms with Crippen LogP contribution in [0.25, 0.3) is 0 Å². The molecule has 0 bridgehead atoms. The molecule has 0 aromatic carbocycles. The predicted molar refractivity (Wildman–Crippen MR) is 101 cm³/mol. The molecule has 25 heavy (non-hydrogen) atoms. The Morgan fingerprint density at radius 1 is 1.56 bits per heavy atom. The number of aromatic nitrogens is 2. The number of carboxylic acids is 1. The molecule has 2 rings (SSSR count). The Morgan fingerprint density at radius 2 is 2.32 bits per heavy atom. The van der Waals surface area contributed by atoms with Crippen molar-refractivity contribution in [2.75, 3.05) is 5.32 Å². The molecule has 2 heterocycles. The van der Waals surface area contributed by atoms with Crippen molar-refractivity contribution in [1.29, 1.82) is 0 Å². The molecule has 130 valence electrons. The van der Waals surface area contributed by atoms with Crippen molar-refractivity contribution < 1.29 is 9.90 Å². The first-order valence-corrected chi connectivity index (χ1v) is 8.81. The molecule has 0 aliphatic rings. The van der Waals surface area contributed by atoms with Crippen LogP contribution in [0, 0.1) is 0 Å². The van der Waals surface area contributed by atoms with Gasteiger partial charge < -0.3 is 16.2 Å². The van der Waals surface area contributed by atoms with Gasteiger partial charge in [0.15, 0.2) is 5.13 Å². The maximum absolute atomic E-state index is 11.0. The van der Waals surface area contributed by atoms with Crippen molar-refractivity contribution >= 4 is 51.6 Å². The Kier molecular flexibility index (Phi) is 6.57. The lowest BCUT2D eigenvalue weighted by Gasteiger charge is -2.03. The first-order chi connectivity index (χ1) is 11.8. The number of pyridine rings is 1. The van der Waals surface area contributed by atoms with Crippen molar-refractivity contribution in [3.05, 3.63) is 53.7 Å². The van der Waals surface area contributed by atoms with Gasteiger partial charge in [0, 0.05) is 16.1 Å². The lowest BCUT2D eigenvalue weighted by Crippen LogP contribution is -2.08. The van der Waals surface area contributed by atoms with E-state index in [4.69, 9.17) is 22.4 Å². The smallest absolute Gasteiger partial charge is 0.354 e. The van der Waals surface area contributed by atoms with Gasteiger partial charge in [-0.25, -0.2) is 19.8 Å². The Balaban J connectivity index is 2.14. The van der Waals surface area contributed by atoms with Crippen LogP contribution in [0.2, 0.25) is 0 Å². The molecule has 10 heteroatoms. The van der Waals surface area contributed by atoms with Crippen molar-refractivity contribution in [3.63, 3.8) is 0 Å². The molecular formula is C15H14ClN5O2S2. The molecule has 0 atom stereocenters. The standard InChI is InChI=1S/C15H14ClN5O2S2/c1-8(16)5-12(20-9(2)17)21-15-19-7-13(25-15)24-10-3-4-18-11(6-10)14(22)23/h3-7H,1H2,2H3,(H2,17,20)(H,19,21)(H,22,23)/b12-5+. The molecule has 7 nitrogen and oxygen atoms in total. The quantitative estimate of drug-likeness (QED) is 0.371. The summed E-state index contributed by atoms with van der Waals surface area (Å²) in [5.41, 5.74) is 5.58. The number of rotatable bonds is 7. The van der Waals surface area contributed by atoms with Gasteiger partial charge in [0.25, 0.3) is 0 Å². The van der Waals surface area contributed by atoms with Crippen LogP contribution in [-0.4, -0.2) is 26.9 Å². The van der Waals surface area contributed by atoms with Crippen LogP contribution >= 0.6 is 34.7 Å². The van der Waals surface area contributed by atoms with E-state index >= 15 is 0 Å². The molecule has 4 N–H and O–H groups in total. The molecule has 2 aromatic rings. The first kappa shape index (κ1) is 19.0. The minimum atomic E-state index is -1.07. The van der Waals surface area contributed by atoms with Crippen LogP contribution in [0.1, 0.15) is 17.4 Å². The summed E-state index contributed by atoms with van der Waals surface area (Å²) in [6.07, 6.45) is 4.66. The van der Waals surface area contributed by atoms with Gasteiger partial charge in [-0.15, -0.1) is 0 Å². The number of thiazole rings is 1. The number of nitrogens with zero attached hydrogens (tertiary/aromatic N) is 3. The number of halogens is 1. The molecule has 0 saturated heterocycles. The zero-order chi connectivity index (χ0) is 18.4. The topological polar surface area (TPSA) is 113 Å². The number of allylic oxidation sites excluding steroid dienone is 2. The maximum atomic E-state index is 11.0. The van der Waals surface area contributed by atoms with E-state index in [0.29, 0.717) is 21.8 Å². The largest absolute Gasteiger partial charge is 0.477 e. The number of amidine groups is 1. The van der Waals surface area contributed by atoms with Crippen LogP contribution in [-0.2, 0) is 0 Å². The SMILES string of the molecule is C=C(Cl)/C=C(\N=C(\C)N)Nc1ncc(Sc2ccnc(C(=O)O)c2)s1. The predicted octanol–water partition coefficient (Wildman–Crippen LogP) is 3.77. The van der Waals surface area contributed by atoms with Crippen LogP contribution in [0.5, 0.6) is 0 Å². The Labute approximate surface area is 157 Å². The van der Waals surface area contributed by atoms with E-state index in [1.807, 2.05) is 0 Å². The van der Waals surface area contributed by atoms with Gasteiger partial charge in [-0.2, -0.15) is 0 Å². The summed E-state index contributed by atoms with van der Waals surface area (Å²) in [7, 11) is 0. The van der Waals surface area contributed by atoms with Crippen LogP contribution in [0.3, 0.4) is 0 Å². The molecule has 2 aromatic heterocycles. The van der Waals surface area contributed by atoms with Crippen molar-refractivity contribution in [2.24, 2.45) is 10.7 Å². The highest BCUT2D eigenvalue weighted by molar-refractivity contribution is 8.01. The number of hydrogen-bond donors (Lipinski definition) is 3. The van der Waals surface area contributed by atoms with E-state index in [0.717, 1.165) is 9.10 Å². The normalized spacial score (nSPS) is 12.1. The monoisotopic (exact) mass is 395 g/mol. The van der Waals surface area contributed by atoms with Gasteiger partial charge in [-0.1, -0.05) is 41.3 Å². The van der Waals surface area contributed by atoms with E-state index in [2.05, 4.69) is 26.9 Å². The highest BCUT2D eigenvalue weighted by Gasteiger charge is 2.09. The fourth-order valence-electron chi connectivity index (χ4n) is 1.62. The third kappa shape index (κ3) is 6.22. The van der Waals surface area contributed by atoms with Gasteiger partial charge in [0.1, 0.15) is 11.5 Å². The van der Waals surface area contributed by atoms with Crippen molar-refractivity contribution in [1.82, 2.24) is 9.97 Å². The third-order valence-corrected chi connectivity index (χ3v) is 4.59. The van der Waals surface area contributed by atoms with E-state index < -0.39 is 5.97 Å². The molecular weight excluding hydrogens is 382 g/mol. The molecule has 0 radical (unpaired) electrons. The van der Waals surface area contributed by atoms with Gasteiger partial charge >= 0.3 is 5.97 Å². The van der Waals surface area contributed by atoms with Gasteiger partial charge in [0.05, 0.1) is 16.2 Å². The molecule has 0 aliphatic carbocycles. The molecule has 0 amide bonds. The summed E-state index contributed by atoms with van der Waals surface area (Å²) in [4.78, 5) is 23.9. The van der Waals surface area contributed by atoms with Gasteiger partial charge in [-0.05, 0) is 25.1 Å². The van der Waals surface area contributed by atoms with Crippen LogP contribution in [0.15, 0.2) is 62.1 Å². The molecule has 0 spiro atoms. The fourth-order valence-corrected chi connectivity index (χ4v) is 3.61. The summed E-state index contributed by atoms with van der Waals surface area (Å²) in [6, 6.07) is 3.24. The summed E-state index contributed by atoms with van der Waals surface area (Å²) < 4.78 is 0.863. The van der Waals surface area contributed by atoms with E-state index in [1.54, 1.807) is 19.2 Å². The second kappa shape index (κ2) is 8.65. The minimum Gasteiger partial charge on any atom is -0.477 e. The summed E-state index contributed by atoms with van der Waals surface area (Å²) in [6.45, 7) is 5.24. The highest BCUT2D eigenvalue weighted by atomic mass is 35.5. The number of carbonyl (C=O) groups is 1. The summed E-state index contributed by atoms with van der Waals surface area (Å²) in [5, 5.41) is 12.9. The number of carboxylic acid groups (broad SMARTS) is 1. The van der Waals surface area contributed by atoms with Crippen molar-refractivity contribution in [2.45, 2.75) is 16.0 Å². The molecule has 0 unspecified atom stereocenters. The number of aromatic carboxylic acids is 1. The number of aliphatic imine (C=N–C) groups is 1. The molecule has 0 saturated carbocycles. The van der Waals surface area contributed by atoms with Crippen molar-refractivity contribution in [3.8, 4) is 0 Å². The molecule has 0 aliphatic heterocycles. The summed E-state index contributed by atoms with van der Waals surface area (Å²) in [5.74, 6) is -0.288. The lowest BCUT2D eigenvalue weighted by atomic mass is 10.4. The number of anilines is 1. The molecule has 0 fully saturated rings. The van der Waals surface area contributed by atoms with Crippen LogP contribution < -0.4 is 11.1 Å². The van der Waals surface area contributed by atoms with Crippen LogP contribution in [0.4, 0.5) is 5.13 Å². The average molecular weight is 396 g/mol. The second-order valence-electron chi connectivity index (χ2n) is 4.62. The number of hydrogen-bond acceptors (Lipinski definition) is 7. The number of nitrogens with one attached hydrogen (secondary N) is 1. The Hall–Kier alpha value is -2.36. The second-order valence-corrected chi connectivity index (χ2v) is 7.51. The number of nitrogens with two attached hydrogens (primary N) is 1. The zero-order valence-electron chi connectivity index (χ0n) is 13.1. The summed E-state index contributed by atoms with van der Waals surface area (Å²) >= 11 is 8.54. The lowest BCUT2D eigenvalue weighted by molar-refractivity contribution is 0.0690. The van der Waals surface area contributed by atoms with E-state index in [1.165, 1.54) is 41.4 Å². The minimum absolute atomic E-state index is 0.00790. The first-order valence-electron chi connectivity index (χ1n) is 6.80. The van der Waals surface area contributed by atoms with E-state index in [9.17, 15) is 4.79 Å². The fraction of sp³-hybridized carbons (Fsp3) is 0.0667.